The number of aromatic hydroxyl groups is 1. The number of nitrogens with zero attached hydrogens (tertiary/aromatic N) is 1. The second-order valence-corrected chi connectivity index (χ2v) is 5.80. The van der Waals surface area contributed by atoms with Crippen molar-refractivity contribution in [2.75, 3.05) is 19.6 Å². The number of hydrogen-bond acceptors (Lipinski definition) is 3. The fraction of sp³-hybridized carbons (Fsp3) is 0.562. The van der Waals surface area contributed by atoms with Crippen LogP contribution in [0.3, 0.4) is 0 Å². The summed E-state index contributed by atoms with van der Waals surface area (Å²) in [7, 11) is 0. The van der Waals surface area contributed by atoms with Crippen LogP contribution >= 0.6 is 12.4 Å². The Labute approximate surface area is 126 Å². The lowest BCUT2D eigenvalue weighted by molar-refractivity contribution is 0.0845. The number of fused-ring (bicyclic) bond motifs is 1. The minimum absolute atomic E-state index is 0. The molecule has 20 heavy (non-hydrogen) atoms. The van der Waals surface area contributed by atoms with Gasteiger partial charge in [-0.15, -0.1) is 12.4 Å². The average molecular weight is 296 g/mol. The van der Waals surface area contributed by atoms with E-state index in [2.05, 4.69) is 4.90 Å². The van der Waals surface area contributed by atoms with E-state index >= 15 is 0 Å². The highest BCUT2D eigenvalue weighted by Gasteiger charge is 2.29. The number of rotatable bonds is 2. The van der Waals surface area contributed by atoms with Crippen molar-refractivity contribution in [2.24, 2.45) is 5.92 Å². The molecule has 1 N–H and O–H groups in total. The van der Waals surface area contributed by atoms with Crippen molar-refractivity contribution in [3.05, 3.63) is 29.3 Å². The highest BCUT2D eigenvalue weighted by molar-refractivity contribution is 6.00. The van der Waals surface area contributed by atoms with E-state index in [9.17, 15) is 9.90 Å². The summed E-state index contributed by atoms with van der Waals surface area (Å²) in [5.41, 5.74) is 1.84. The molecule has 2 aliphatic rings. The van der Waals surface area contributed by atoms with Gasteiger partial charge in [0.25, 0.3) is 0 Å². The van der Waals surface area contributed by atoms with E-state index in [4.69, 9.17) is 0 Å². The quantitative estimate of drug-likeness (QED) is 0.912. The predicted octanol–water partition coefficient (Wildman–Crippen LogP) is 3.05. The molecule has 1 fully saturated rings. The molecular formula is C16H22ClNO2. The molecule has 1 unspecified atom stereocenters. The van der Waals surface area contributed by atoms with Gasteiger partial charge in [0.05, 0.1) is 0 Å². The van der Waals surface area contributed by atoms with Gasteiger partial charge < -0.3 is 10.0 Å². The maximum atomic E-state index is 12.5. The molecule has 1 aliphatic heterocycles. The lowest BCUT2D eigenvalue weighted by atomic mass is 9.82. The summed E-state index contributed by atoms with van der Waals surface area (Å²) in [4.78, 5) is 14.9. The predicted molar refractivity (Wildman–Crippen MR) is 81.8 cm³/mol. The number of hydrogen-bond donors (Lipinski definition) is 1. The number of halogens is 1. The van der Waals surface area contributed by atoms with E-state index in [1.807, 2.05) is 0 Å². The Balaban J connectivity index is 0.00000147. The Morgan fingerprint density at radius 1 is 1.20 bits per heavy atom. The first kappa shape index (κ1) is 15.3. The van der Waals surface area contributed by atoms with Crippen LogP contribution < -0.4 is 0 Å². The zero-order chi connectivity index (χ0) is 13.2. The third-order valence-corrected chi connectivity index (χ3v) is 4.41. The first-order valence-corrected chi connectivity index (χ1v) is 7.32. The van der Waals surface area contributed by atoms with Gasteiger partial charge >= 0.3 is 0 Å². The molecule has 0 bridgehead atoms. The summed E-state index contributed by atoms with van der Waals surface area (Å²) in [6.07, 6.45) is 5.70. The second-order valence-electron chi connectivity index (χ2n) is 5.80. The Hall–Kier alpha value is -1.06. The van der Waals surface area contributed by atoms with Crippen LogP contribution in [0.5, 0.6) is 5.75 Å². The van der Waals surface area contributed by atoms with Crippen molar-refractivity contribution in [3.63, 3.8) is 0 Å². The lowest BCUT2D eigenvalue weighted by Crippen LogP contribution is -2.38. The van der Waals surface area contributed by atoms with Gasteiger partial charge in [-0.2, -0.15) is 0 Å². The number of likely N-dealkylation sites (tertiary alicyclic amines) is 1. The molecule has 0 saturated carbocycles. The van der Waals surface area contributed by atoms with Crippen molar-refractivity contribution in [3.8, 4) is 5.75 Å². The van der Waals surface area contributed by atoms with Gasteiger partial charge in [0.1, 0.15) is 5.75 Å². The number of aryl methyl sites for hydroxylation is 1. The lowest BCUT2D eigenvalue weighted by Gasteiger charge is -2.32. The summed E-state index contributed by atoms with van der Waals surface area (Å²) in [5, 5.41) is 9.48. The molecule has 3 rings (SSSR count). The second kappa shape index (κ2) is 6.59. The van der Waals surface area contributed by atoms with E-state index in [-0.39, 0.29) is 29.9 Å². The monoisotopic (exact) mass is 295 g/mol. The topological polar surface area (TPSA) is 40.5 Å². The van der Waals surface area contributed by atoms with Gasteiger partial charge in [-0.1, -0.05) is 6.42 Å². The Morgan fingerprint density at radius 2 is 1.95 bits per heavy atom. The molecule has 4 heteroatoms. The number of carbonyl (C=O) groups is 1. The zero-order valence-corrected chi connectivity index (χ0v) is 12.5. The molecule has 0 spiro atoms. The highest BCUT2D eigenvalue weighted by Crippen LogP contribution is 2.29. The van der Waals surface area contributed by atoms with Crippen LogP contribution in [0.15, 0.2) is 18.2 Å². The molecule has 0 aromatic heterocycles. The summed E-state index contributed by atoms with van der Waals surface area (Å²) in [6.45, 7) is 3.21. The molecule has 1 atom stereocenters. The van der Waals surface area contributed by atoms with Crippen molar-refractivity contribution in [2.45, 2.75) is 32.1 Å². The van der Waals surface area contributed by atoms with Crippen LogP contribution in [0.2, 0.25) is 0 Å². The van der Waals surface area contributed by atoms with Gasteiger partial charge in [0.2, 0.25) is 0 Å². The maximum absolute atomic E-state index is 12.5. The molecule has 1 aromatic carbocycles. The maximum Gasteiger partial charge on any atom is 0.167 e. The molecule has 1 heterocycles. The normalized spacial score (nSPS) is 23.0. The zero-order valence-electron chi connectivity index (χ0n) is 11.7. The van der Waals surface area contributed by atoms with Crippen LogP contribution in [0.4, 0.5) is 0 Å². The van der Waals surface area contributed by atoms with E-state index in [1.54, 1.807) is 18.2 Å². The first-order chi connectivity index (χ1) is 9.24. The molecule has 1 saturated heterocycles. The minimum Gasteiger partial charge on any atom is -0.508 e. The number of piperidine rings is 1. The van der Waals surface area contributed by atoms with Gasteiger partial charge in [0, 0.05) is 18.0 Å². The first-order valence-electron chi connectivity index (χ1n) is 7.32. The highest BCUT2D eigenvalue weighted by atomic mass is 35.5. The molecule has 0 amide bonds. The summed E-state index contributed by atoms with van der Waals surface area (Å²) in [5.74, 6) is 0.683. The summed E-state index contributed by atoms with van der Waals surface area (Å²) in [6, 6.07) is 5.15. The van der Waals surface area contributed by atoms with Crippen molar-refractivity contribution >= 4 is 18.2 Å². The summed E-state index contributed by atoms with van der Waals surface area (Å²) < 4.78 is 0. The number of Topliss-reactive ketones (excluding diaryl/α,β-unsaturated/α-hetero) is 1. The van der Waals surface area contributed by atoms with E-state index in [0.717, 1.165) is 43.6 Å². The standard InChI is InChI=1S/C16H21NO2.ClH/c18-14-6-7-15-12(10-14)4-5-13(16(15)19)11-17-8-2-1-3-9-17;/h6-7,10,13,18H,1-5,8-9,11H2;1H. The third kappa shape index (κ3) is 3.15. The minimum atomic E-state index is 0. The smallest absolute Gasteiger partial charge is 0.167 e. The van der Waals surface area contributed by atoms with Crippen LogP contribution in [-0.4, -0.2) is 35.4 Å². The molecule has 1 aliphatic carbocycles. The fourth-order valence-electron chi connectivity index (χ4n) is 3.34. The van der Waals surface area contributed by atoms with Gasteiger partial charge in [-0.05, 0) is 62.5 Å². The fourth-order valence-corrected chi connectivity index (χ4v) is 3.34. The number of benzene rings is 1. The number of phenols is 1. The Bertz CT molecular complexity index is 483. The third-order valence-electron chi connectivity index (χ3n) is 4.41. The molecule has 1 aromatic rings. The van der Waals surface area contributed by atoms with Crippen LogP contribution in [0, 0.1) is 5.92 Å². The van der Waals surface area contributed by atoms with Crippen molar-refractivity contribution < 1.29 is 9.90 Å². The Kier molecular flexibility index (Phi) is 5.06. The van der Waals surface area contributed by atoms with Crippen LogP contribution in [0.25, 0.3) is 0 Å². The van der Waals surface area contributed by atoms with Crippen LogP contribution in [0.1, 0.15) is 41.6 Å². The average Bonchev–Trinajstić information content (AvgIpc) is 2.43. The molecule has 0 radical (unpaired) electrons. The molecule has 3 nitrogen and oxygen atoms in total. The van der Waals surface area contributed by atoms with Gasteiger partial charge in [-0.3, -0.25) is 4.79 Å². The van der Waals surface area contributed by atoms with Gasteiger partial charge in [0.15, 0.2) is 5.78 Å². The number of ketones is 1. The van der Waals surface area contributed by atoms with E-state index in [0.29, 0.717) is 0 Å². The van der Waals surface area contributed by atoms with E-state index < -0.39 is 0 Å². The molecule has 110 valence electrons. The number of phenolic OH excluding ortho intramolecular Hbond substituents is 1. The van der Waals surface area contributed by atoms with Crippen molar-refractivity contribution in [1.29, 1.82) is 0 Å². The van der Waals surface area contributed by atoms with Gasteiger partial charge in [-0.25, -0.2) is 0 Å². The molecular weight excluding hydrogens is 274 g/mol. The number of carbonyl (C=O) groups excluding carboxylic acids is 1. The largest absolute Gasteiger partial charge is 0.508 e. The SMILES string of the molecule is Cl.O=C1c2ccc(O)cc2CCC1CN1CCCCC1. The summed E-state index contributed by atoms with van der Waals surface area (Å²) >= 11 is 0. The van der Waals surface area contributed by atoms with Crippen molar-refractivity contribution in [1.82, 2.24) is 4.90 Å². The van der Waals surface area contributed by atoms with Crippen LogP contribution in [-0.2, 0) is 6.42 Å². The van der Waals surface area contributed by atoms with E-state index in [1.165, 1.54) is 19.3 Å². The Morgan fingerprint density at radius 3 is 2.70 bits per heavy atom.